The number of nitrogens with zero attached hydrogens (tertiary/aromatic N) is 2. The number of hydrogen-bond donors (Lipinski definition) is 0. The van der Waals surface area contributed by atoms with Gasteiger partial charge in [0.15, 0.2) is 0 Å². The Bertz CT molecular complexity index is 960. The first-order valence-electron chi connectivity index (χ1n) is 9.90. The second-order valence-corrected chi connectivity index (χ2v) is 9.45. The predicted octanol–water partition coefficient (Wildman–Crippen LogP) is 3.83. The van der Waals surface area contributed by atoms with Gasteiger partial charge in [0.1, 0.15) is 10.4 Å². The third kappa shape index (κ3) is 3.46. The summed E-state index contributed by atoms with van der Waals surface area (Å²) in [6, 6.07) is 5.64. The number of rotatable bonds is 4. The van der Waals surface area contributed by atoms with Crippen molar-refractivity contribution in [3.8, 4) is 0 Å². The zero-order valence-electron chi connectivity index (χ0n) is 16.7. The molecule has 1 aliphatic carbocycles. The van der Waals surface area contributed by atoms with Gasteiger partial charge in [0.2, 0.25) is 0 Å². The van der Waals surface area contributed by atoms with E-state index in [0.29, 0.717) is 15.4 Å². The summed E-state index contributed by atoms with van der Waals surface area (Å²) in [5.41, 5.74) is 0.664. The average molecular weight is 439 g/mol. The van der Waals surface area contributed by atoms with Gasteiger partial charge in [-0.1, -0.05) is 86.4 Å². The quantitative estimate of drug-likeness (QED) is 0.528. The molecule has 4 rings (SSSR count). The van der Waals surface area contributed by atoms with Crippen LogP contribution in [-0.2, 0) is 4.79 Å². The molecular weight excluding hydrogens is 416 g/mol. The Morgan fingerprint density at radius 1 is 1.03 bits per heavy atom. The van der Waals surface area contributed by atoms with Gasteiger partial charge in [0.25, 0.3) is 17.7 Å². The monoisotopic (exact) mass is 438 g/mol. The molecule has 1 saturated heterocycles. The highest BCUT2D eigenvalue weighted by molar-refractivity contribution is 8.23. The summed E-state index contributed by atoms with van der Waals surface area (Å²) in [6.07, 6.45) is 11.1. The predicted molar refractivity (Wildman–Crippen MR) is 122 cm³/mol. The molecule has 0 unspecified atom stereocenters. The molecule has 0 aromatic heterocycles. The van der Waals surface area contributed by atoms with Crippen molar-refractivity contribution in [2.75, 3.05) is 5.75 Å². The highest BCUT2D eigenvalue weighted by Crippen LogP contribution is 2.34. The van der Waals surface area contributed by atoms with Crippen molar-refractivity contribution in [2.24, 2.45) is 11.8 Å². The number of thiocarbonyl (C=S) groups is 1. The molecule has 0 radical (unpaired) electrons. The number of allylic oxidation sites excluding steroid dienone is 4. The third-order valence-electron chi connectivity index (χ3n) is 5.63. The Morgan fingerprint density at radius 2 is 1.60 bits per heavy atom. The molecule has 3 amide bonds. The van der Waals surface area contributed by atoms with Crippen molar-refractivity contribution in [3.63, 3.8) is 0 Å². The summed E-state index contributed by atoms with van der Waals surface area (Å²) in [5, 5.41) is 0. The van der Waals surface area contributed by atoms with Gasteiger partial charge >= 0.3 is 0 Å². The second-order valence-electron chi connectivity index (χ2n) is 7.80. The lowest BCUT2D eigenvalue weighted by Crippen LogP contribution is -2.56. The number of thioether (sulfide) groups is 1. The van der Waals surface area contributed by atoms with Crippen molar-refractivity contribution >= 4 is 46.0 Å². The largest absolute Gasteiger partial charge is 0.292 e. The minimum absolute atomic E-state index is 0.0652. The minimum Gasteiger partial charge on any atom is -0.292 e. The van der Waals surface area contributed by atoms with Gasteiger partial charge in [-0.15, -0.1) is 0 Å². The molecular formula is C23H22N2O3S2. The lowest BCUT2D eigenvalue weighted by molar-refractivity contribution is -0.133. The van der Waals surface area contributed by atoms with Gasteiger partial charge in [0.05, 0.1) is 17.2 Å². The van der Waals surface area contributed by atoms with Crippen LogP contribution < -0.4 is 0 Å². The van der Waals surface area contributed by atoms with Crippen LogP contribution in [0, 0.1) is 11.8 Å². The summed E-state index contributed by atoms with van der Waals surface area (Å²) in [5.74, 6) is -0.713. The fourth-order valence-corrected chi connectivity index (χ4v) is 5.66. The van der Waals surface area contributed by atoms with Crippen LogP contribution in [0.1, 0.15) is 34.6 Å². The first-order chi connectivity index (χ1) is 14.4. The molecule has 0 saturated carbocycles. The first-order valence-corrected chi connectivity index (χ1v) is 11.3. The maximum Gasteiger partial charge on any atom is 0.262 e. The van der Waals surface area contributed by atoms with E-state index in [0.717, 1.165) is 10.7 Å². The summed E-state index contributed by atoms with van der Waals surface area (Å²) >= 11 is 6.96. The molecule has 30 heavy (non-hydrogen) atoms. The Kier molecular flexibility index (Phi) is 5.75. The second kappa shape index (κ2) is 8.32. The van der Waals surface area contributed by atoms with Crippen LogP contribution in [0.4, 0.5) is 0 Å². The fourth-order valence-electron chi connectivity index (χ4n) is 4.02. The number of amides is 3. The molecule has 0 N–H and O–H groups in total. The van der Waals surface area contributed by atoms with Crippen molar-refractivity contribution in [2.45, 2.75) is 25.9 Å². The summed E-state index contributed by atoms with van der Waals surface area (Å²) in [7, 11) is 0. The summed E-state index contributed by atoms with van der Waals surface area (Å²) in [4.78, 5) is 43.1. The molecule has 154 valence electrons. The minimum atomic E-state index is -0.998. The van der Waals surface area contributed by atoms with E-state index in [2.05, 4.69) is 0 Å². The van der Waals surface area contributed by atoms with E-state index in [1.165, 1.54) is 11.8 Å². The molecule has 5 nitrogen and oxygen atoms in total. The normalized spacial score (nSPS) is 22.2. The molecule has 1 aromatic rings. The summed E-state index contributed by atoms with van der Waals surface area (Å²) < 4.78 is 0.500. The molecule has 1 fully saturated rings. The molecule has 3 aliphatic rings. The number of imide groups is 1. The van der Waals surface area contributed by atoms with Crippen LogP contribution in [0.3, 0.4) is 0 Å². The smallest absolute Gasteiger partial charge is 0.262 e. The number of fused-ring (bicyclic) bond motifs is 1. The van der Waals surface area contributed by atoms with E-state index in [1.807, 2.05) is 50.3 Å². The van der Waals surface area contributed by atoms with E-state index in [9.17, 15) is 14.4 Å². The van der Waals surface area contributed by atoms with E-state index >= 15 is 0 Å². The average Bonchev–Trinajstić information content (AvgIpc) is 3.08. The van der Waals surface area contributed by atoms with Gasteiger partial charge in [0, 0.05) is 11.7 Å². The SMILES string of the molecule is CC(C)[C@H]1CSC(=S)N1C(=O)[C@@H](C1C=CC=CC=C1)N1C(=O)c2ccccc2C1=O. The fraction of sp³-hybridized carbons (Fsp3) is 0.304. The van der Waals surface area contributed by atoms with Crippen LogP contribution in [0.2, 0.25) is 0 Å². The molecule has 1 aromatic carbocycles. The van der Waals surface area contributed by atoms with Crippen molar-refractivity contribution in [1.29, 1.82) is 0 Å². The third-order valence-corrected chi connectivity index (χ3v) is 7.14. The van der Waals surface area contributed by atoms with Gasteiger partial charge in [-0.05, 0) is 18.1 Å². The van der Waals surface area contributed by atoms with Crippen LogP contribution in [0.25, 0.3) is 0 Å². The molecule has 2 atom stereocenters. The van der Waals surface area contributed by atoms with E-state index < -0.39 is 23.8 Å². The van der Waals surface area contributed by atoms with E-state index in [1.54, 1.807) is 29.2 Å². The van der Waals surface area contributed by atoms with Crippen molar-refractivity contribution in [1.82, 2.24) is 9.80 Å². The van der Waals surface area contributed by atoms with Crippen molar-refractivity contribution < 1.29 is 14.4 Å². The summed E-state index contributed by atoms with van der Waals surface area (Å²) in [6.45, 7) is 4.09. The molecule has 0 spiro atoms. The highest BCUT2D eigenvalue weighted by atomic mass is 32.2. The molecule has 7 heteroatoms. The maximum atomic E-state index is 13.9. The van der Waals surface area contributed by atoms with Crippen molar-refractivity contribution in [3.05, 3.63) is 71.8 Å². The number of carbonyl (C=O) groups is 3. The van der Waals surface area contributed by atoms with Gasteiger partial charge < -0.3 is 0 Å². The van der Waals surface area contributed by atoms with Crippen LogP contribution in [0.5, 0.6) is 0 Å². The zero-order valence-corrected chi connectivity index (χ0v) is 18.4. The molecule has 2 aliphatic heterocycles. The molecule has 0 bridgehead atoms. The van der Waals surface area contributed by atoms with Crippen LogP contribution in [0.15, 0.2) is 60.7 Å². The Morgan fingerprint density at radius 3 is 2.13 bits per heavy atom. The number of carbonyl (C=O) groups excluding carboxylic acids is 3. The Hall–Kier alpha value is -2.51. The lowest BCUT2D eigenvalue weighted by Gasteiger charge is -2.35. The Labute approximate surface area is 185 Å². The number of hydrogen-bond acceptors (Lipinski definition) is 5. The van der Waals surface area contributed by atoms with Gasteiger partial charge in [-0.25, -0.2) is 0 Å². The van der Waals surface area contributed by atoms with E-state index in [4.69, 9.17) is 12.2 Å². The van der Waals surface area contributed by atoms with Crippen LogP contribution >= 0.6 is 24.0 Å². The maximum absolute atomic E-state index is 13.9. The lowest BCUT2D eigenvalue weighted by atomic mass is 9.94. The standard InChI is InChI=1S/C23H22N2O3S2/c1-14(2)18-13-30-23(29)24(18)22(28)19(15-9-5-3-4-6-10-15)25-20(26)16-11-7-8-12-17(16)21(25)27/h3-12,14-15,18-19H,13H2,1-2H3/t18-,19-/m1/s1. The van der Waals surface area contributed by atoms with E-state index in [-0.39, 0.29) is 17.9 Å². The molecule has 2 heterocycles. The van der Waals surface area contributed by atoms with Gasteiger partial charge in [-0.3, -0.25) is 24.2 Å². The number of benzene rings is 1. The zero-order chi connectivity index (χ0) is 21.4. The highest BCUT2D eigenvalue weighted by Gasteiger charge is 2.49. The van der Waals surface area contributed by atoms with Crippen LogP contribution in [-0.4, -0.2) is 49.7 Å². The Balaban J connectivity index is 1.78. The topological polar surface area (TPSA) is 57.7 Å². The first kappa shape index (κ1) is 20.8. The van der Waals surface area contributed by atoms with Gasteiger partial charge in [-0.2, -0.15) is 0 Å².